The van der Waals surface area contributed by atoms with E-state index in [1.165, 1.54) is 4.57 Å². The van der Waals surface area contributed by atoms with Crippen molar-refractivity contribution < 1.29 is 9.21 Å². The second-order valence-electron chi connectivity index (χ2n) is 5.69. The third kappa shape index (κ3) is 4.28. The standard InChI is InChI=1S/C15H18ClN3O3.ClH/c16-10-3-4-12-13(7-10)22-15(21)19(12)6-5-14(20)18-8-11(17)9-1-2-9;/h3-4,7,9,11H,1-2,5-6,8,17H2,(H,18,20);1H. The summed E-state index contributed by atoms with van der Waals surface area (Å²) in [5.41, 5.74) is 6.99. The van der Waals surface area contributed by atoms with Gasteiger partial charge in [-0.2, -0.15) is 0 Å². The van der Waals surface area contributed by atoms with Crippen molar-refractivity contribution in [2.75, 3.05) is 6.54 Å². The molecule has 1 atom stereocenters. The van der Waals surface area contributed by atoms with Crippen LogP contribution in [0.2, 0.25) is 5.02 Å². The van der Waals surface area contributed by atoms with Gasteiger partial charge in [-0.15, -0.1) is 12.4 Å². The molecule has 6 nitrogen and oxygen atoms in total. The van der Waals surface area contributed by atoms with E-state index in [1.807, 2.05) is 0 Å². The fourth-order valence-corrected chi connectivity index (χ4v) is 2.64. The molecule has 1 aromatic heterocycles. The van der Waals surface area contributed by atoms with Gasteiger partial charge in [0.2, 0.25) is 5.91 Å². The molecule has 1 saturated carbocycles. The molecule has 3 N–H and O–H groups in total. The number of benzene rings is 1. The zero-order valence-electron chi connectivity index (χ0n) is 12.5. The molecule has 1 unspecified atom stereocenters. The Morgan fingerprint density at radius 2 is 2.22 bits per heavy atom. The van der Waals surface area contributed by atoms with E-state index in [2.05, 4.69) is 5.32 Å². The fourth-order valence-electron chi connectivity index (χ4n) is 2.48. The highest BCUT2D eigenvalue weighted by Gasteiger charge is 2.28. The van der Waals surface area contributed by atoms with Crippen LogP contribution < -0.4 is 16.8 Å². The third-order valence-corrected chi connectivity index (χ3v) is 4.19. The lowest BCUT2D eigenvalue weighted by Crippen LogP contribution is -2.39. The Balaban J connectivity index is 0.00000192. The number of oxazole rings is 1. The molecule has 1 amide bonds. The average Bonchev–Trinajstić information content (AvgIpc) is 3.27. The van der Waals surface area contributed by atoms with E-state index in [0.717, 1.165) is 12.8 Å². The number of hydrogen-bond acceptors (Lipinski definition) is 4. The lowest BCUT2D eigenvalue weighted by atomic mass is 10.2. The first kappa shape index (κ1) is 17.8. The van der Waals surface area contributed by atoms with Crippen LogP contribution in [0.4, 0.5) is 0 Å². The third-order valence-electron chi connectivity index (χ3n) is 3.96. The van der Waals surface area contributed by atoms with E-state index >= 15 is 0 Å². The Morgan fingerprint density at radius 1 is 1.48 bits per heavy atom. The molecule has 23 heavy (non-hydrogen) atoms. The first-order valence-electron chi connectivity index (χ1n) is 7.36. The summed E-state index contributed by atoms with van der Waals surface area (Å²) in [7, 11) is 0. The zero-order valence-corrected chi connectivity index (χ0v) is 14.0. The van der Waals surface area contributed by atoms with Crippen LogP contribution in [-0.4, -0.2) is 23.1 Å². The number of nitrogens with two attached hydrogens (primary N) is 1. The first-order valence-corrected chi connectivity index (χ1v) is 7.73. The molecule has 1 fully saturated rings. The van der Waals surface area contributed by atoms with Crippen LogP contribution in [0, 0.1) is 5.92 Å². The Hall–Kier alpha value is -1.50. The second kappa shape index (κ2) is 7.38. The number of carbonyl (C=O) groups is 1. The first-order chi connectivity index (χ1) is 10.5. The van der Waals surface area contributed by atoms with Crippen LogP contribution in [0.25, 0.3) is 11.1 Å². The van der Waals surface area contributed by atoms with Crippen LogP contribution in [0.5, 0.6) is 0 Å². The van der Waals surface area contributed by atoms with Gasteiger partial charge in [-0.3, -0.25) is 9.36 Å². The SMILES string of the molecule is Cl.NC(CNC(=O)CCn1c(=O)oc2cc(Cl)ccc21)C1CC1. The topological polar surface area (TPSA) is 90.3 Å². The summed E-state index contributed by atoms with van der Waals surface area (Å²) < 4.78 is 6.56. The number of hydrogen-bond donors (Lipinski definition) is 2. The lowest BCUT2D eigenvalue weighted by molar-refractivity contribution is -0.121. The maximum absolute atomic E-state index is 11.9. The van der Waals surface area contributed by atoms with Crippen LogP contribution in [0.3, 0.4) is 0 Å². The predicted molar refractivity (Wildman–Crippen MR) is 91.1 cm³/mol. The van der Waals surface area contributed by atoms with E-state index in [0.29, 0.717) is 28.6 Å². The number of nitrogens with one attached hydrogen (secondary N) is 1. The Bertz CT molecular complexity index is 752. The van der Waals surface area contributed by atoms with E-state index < -0.39 is 5.76 Å². The molecule has 1 aromatic carbocycles. The zero-order chi connectivity index (χ0) is 15.7. The fraction of sp³-hybridized carbons (Fsp3) is 0.467. The predicted octanol–water partition coefficient (Wildman–Crippen LogP) is 1.91. The molecular weight excluding hydrogens is 341 g/mol. The van der Waals surface area contributed by atoms with E-state index in [4.69, 9.17) is 21.8 Å². The van der Waals surface area contributed by atoms with Crippen molar-refractivity contribution in [2.24, 2.45) is 11.7 Å². The molecule has 1 aliphatic rings. The summed E-state index contributed by atoms with van der Waals surface area (Å²) >= 11 is 5.86. The van der Waals surface area contributed by atoms with Crippen LogP contribution in [-0.2, 0) is 11.3 Å². The molecule has 0 saturated heterocycles. The normalized spacial score (nSPS) is 15.2. The molecule has 126 valence electrons. The lowest BCUT2D eigenvalue weighted by Gasteiger charge is -2.11. The summed E-state index contributed by atoms with van der Waals surface area (Å²) in [6.07, 6.45) is 2.50. The quantitative estimate of drug-likeness (QED) is 0.824. The minimum atomic E-state index is -0.486. The summed E-state index contributed by atoms with van der Waals surface area (Å²) in [6.45, 7) is 0.748. The maximum Gasteiger partial charge on any atom is 0.419 e. The number of carbonyl (C=O) groups excluding carboxylic acids is 1. The van der Waals surface area contributed by atoms with Gasteiger partial charge in [0.1, 0.15) is 0 Å². The van der Waals surface area contributed by atoms with Crippen molar-refractivity contribution in [2.45, 2.75) is 31.8 Å². The highest BCUT2D eigenvalue weighted by Crippen LogP contribution is 2.31. The summed E-state index contributed by atoms with van der Waals surface area (Å²) in [6, 6.07) is 5.01. The molecule has 0 bridgehead atoms. The largest absolute Gasteiger partial charge is 0.419 e. The average molecular weight is 360 g/mol. The molecule has 0 spiro atoms. The van der Waals surface area contributed by atoms with Crippen LogP contribution >= 0.6 is 24.0 Å². The van der Waals surface area contributed by atoms with Crippen molar-refractivity contribution >= 4 is 41.0 Å². The van der Waals surface area contributed by atoms with Crippen molar-refractivity contribution in [1.82, 2.24) is 9.88 Å². The van der Waals surface area contributed by atoms with Gasteiger partial charge >= 0.3 is 5.76 Å². The van der Waals surface area contributed by atoms with Gasteiger partial charge in [0.25, 0.3) is 0 Å². The van der Waals surface area contributed by atoms with E-state index in [1.54, 1.807) is 18.2 Å². The summed E-state index contributed by atoms with van der Waals surface area (Å²) in [5, 5.41) is 3.31. The van der Waals surface area contributed by atoms with Gasteiger partial charge in [0.15, 0.2) is 5.58 Å². The van der Waals surface area contributed by atoms with E-state index in [-0.39, 0.29) is 37.3 Å². The molecule has 1 heterocycles. The van der Waals surface area contributed by atoms with Gasteiger partial charge in [-0.25, -0.2) is 4.79 Å². The molecular formula is C15H19Cl2N3O3. The van der Waals surface area contributed by atoms with Gasteiger partial charge in [0.05, 0.1) is 5.52 Å². The molecule has 0 radical (unpaired) electrons. The molecule has 0 aliphatic heterocycles. The van der Waals surface area contributed by atoms with Crippen molar-refractivity contribution in [3.05, 3.63) is 33.8 Å². The minimum Gasteiger partial charge on any atom is -0.408 e. The number of nitrogens with zero attached hydrogens (tertiary/aromatic N) is 1. The second-order valence-corrected chi connectivity index (χ2v) is 6.12. The number of rotatable bonds is 6. The molecule has 2 aromatic rings. The van der Waals surface area contributed by atoms with E-state index in [9.17, 15) is 9.59 Å². The van der Waals surface area contributed by atoms with Crippen molar-refractivity contribution in [3.8, 4) is 0 Å². The van der Waals surface area contributed by atoms with Gasteiger partial charge in [-0.1, -0.05) is 11.6 Å². The summed E-state index contributed by atoms with van der Waals surface area (Å²) in [5.74, 6) is -0.0588. The van der Waals surface area contributed by atoms with Crippen molar-refractivity contribution in [3.63, 3.8) is 0 Å². The molecule has 3 rings (SSSR count). The number of aryl methyl sites for hydroxylation is 1. The number of halogens is 2. The van der Waals surface area contributed by atoms with Gasteiger partial charge < -0.3 is 15.5 Å². The van der Waals surface area contributed by atoms with Crippen molar-refractivity contribution in [1.29, 1.82) is 0 Å². The number of amides is 1. The Kier molecular flexibility index (Phi) is 5.73. The smallest absolute Gasteiger partial charge is 0.408 e. The highest BCUT2D eigenvalue weighted by molar-refractivity contribution is 6.31. The van der Waals surface area contributed by atoms with Crippen LogP contribution in [0.15, 0.2) is 27.4 Å². The number of aromatic nitrogens is 1. The maximum atomic E-state index is 11.9. The Labute approximate surface area is 144 Å². The number of fused-ring (bicyclic) bond motifs is 1. The van der Waals surface area contributed by atoms with Crippen LogP contribution in [0.1, 0.15) is 19.3 Å². The molecule has 1 aliphatic carbocycles. The monoisotopic (exact) mass is 359 g/mol. The Morgan fingerprint density at radius 3 is 2.91 bits per heavy atom. The van der Waals surface area contributed by atoms with Gasteiger partial charge in [0, 0.05) is 36.6 Å². The molecule has 8 heteroatoms. The highest BCUT2D eigenvalue weighted by atomic mass is 35.5. The summed E-state index contributed by atoms with van der Waals surface area (Å²) in [4.78, 5) is 23.7. The minimum absolute atomic E-state index is 0. The van der Waals surface area contributed by atoms with Gasteiger partial charge in [-0.05, 0) is 30.9 Å².